The molecule has 0 heterocycles. The zero-order valence-corrected chi connectivity index (χ0v) is 80.3. The lowest BCUT2D eigenvalue weighted by molar-refractivity contribution is 0.153. The minimum absolute atomic E-state index is 0.00377. The van der Waals surface area contributed by atoms with Crippen molar-refractivity contribution in [2.45, 2.75) is 359 Å². The molecular formula is C129H150. The van der Waals surface area contributed by atoms with E-state index in [2.05, 4.69) is 250 Å². The summed E-state index contributed by atoms with van der Waals surface area (Å²) in [6.45, 7) is 19.5. The summed E-state index contributed by atoms with van der Waals surface area (Å²) in [4.78, 5) is 0. The van der Waals surface area contributed by atoms with Crippen LogP contribution < -0.4 is 0 Å². The molecule has 1 spiro atoms. The number of hydrogen-bond donors (Lipinski definition) is 0. The number of rotatable bonds is 12. The molecule has 0 aliphatic heterocycles. The fraction of sp³-hybridized carbons (Fsp3) is 0.504. The Bertz CT molecular complexity index is 5800. The molecule has 0 amide bonds. The second kappa shape index (κ2) is 35.2. The van der Waals surface area contributed by atoms with Crippen molar-refractivity contribution in [3.05, 3.63) is 372 Å². The Morgan fingerprint density at radius 3 is 1.29 bits per heavy atom. The lowest BCUT2D eigenvalue weighted by atomic mass is 9.64. The average Bonchev–Trinajstić information content (AvgIpc) is 1.54. The van der Waals surface area contributed by atoms with E-state index in [9.17, 15) is 0 Å². The van der Waals surface area contributed by atoms with Gasteiger partial charge in [0, 0.05) is 16.7 Å². The summed E-state index contributed by atoms with van der Waals surface area (Å²) in [6.07, 6.45) is 49.9. The van der Waals surface area contributed by atoms with Crippen molar-refractivity contribution in [2.24, 2.45) is 52.3 Å². The Morgan fingerprint density at radius 2 is 0.744 bits per heavy atom. The molecule has 0 N–H and O–H groups in total. The fourth-order valence-corrected chi connectivity index (χ4v) is 32.9. The van der Waals surface area contributed by atoms with E-state index in [4.69, 9.17) is 0 Å². The maximum atomic E-state index is 2.82. The highest BCUT2D eigenvalue weighted by atomic mass is 14.6. The summed E-state index contributed by atoms with van der Waals surface area (Å²) >= 11 is 0. The Hall–Kier alpha value is -8.32. The molecule has 8 aromatic carbocycles. The third-order valence-electron chi connectivity index (χ3n) is 39.3. The fourth-order valence-electron chi connectivity index (χ4n) is 32.9. The molecule has 31 rings (SSSR count). The number of aryl methyl sites for hydroxylation is 4. The predicted octanol–water partition coefficient (Wildman–Crippen LogP) is 35.2. The molecular weight excluding hydrogens is 1550 g/mol. The lowest BCUT2D eigenvalue weighted by Crippen LogP contribution is -2.31. The van der Waals surface area contributed by atoms with Crippen molar-refractivity contribution in [3.8, 4) is 0 Å². The van der Waals surface area contributed by atoms with Crippen molar-refractivity contribution >= 4 is 0 Å². The molecule has 0 aromatic heterocycles. The van der Waals surface area contributed by atoms with E-state index in [0.29, 0.717) is 71.0 Å². The van der Waals surface area contributed by atoms with Crippen LogP contribution >= 0.6 is 0 Å². The maximum absolute atomic E-state index is 2.82. The van der Waals surface area contributed by atoms with Gasteiger partial charge in [0.05, 0.1) is 0 Å². The van der Waals surface area contributed by atoms with Gasteiger partial charge in [0.1, 0.15) is 0 Å². The van der Waals surface area contributed by atoms with Gasteiger partial charge in [-0.25, -0.2) is 0 Å². The molecule has 666 valence electrons. The van der Waals surface area contributed by atoms with Gasteiger partial charge in [-0.3, -0.25) is 0 Å². The molecule has 20 bridgehead atoms. The van der Waals surface area contributed by atoms with Gasteiger partial charge in [-0.05, 0) is 479 Å². The molecule has 0 heteroatoms. The zero-order valence-electron chi connectivity index (χ0n) is 80.3. The smallest absolute Gasteiger partial charge is 0.0179 e. The first-order chi connectivity index (χ1) is 63.1. The standard InChI is InChI=1S/C129H150/c1-9-90(92-46-32-81(3)33-47-92)67-102(94-48-34-82(4)35-49-94)69-104-71-106-72-105-70-103(95-50-36-83(5)37-51-95)68-101(64-84(6)91-44-30-80(2)31-45-91)96-54-40-88(41-55-96)76-128(125-65-85(7)107-20-10-14-24-111(107)125)78-121(112-25-16-18-28-123(112)128)118-74-119(110-23-13-12-22-109(110)118)122-79-129(124-29-19-17-26-113(122)124,77-89-42-56-98(105)57-43-89)126-75-120(117-73-100(62-63-114(117)126)93-58-60-99(106)61-59-93)127-115-27-15-11-21-108(115)86(8)116(127)66-87-38-52-97(104)53-39-87/h30-61,84,90,100-106,109-110,116,118-119,121-122H,9-29,62-79H2,1-8H3. The van der Waals surface area contributed by atoms with Crippen LogP contribution in [0.2, 0.25) is 0 Å². The quantitative estimate of drug-likeness (QED) is 0.107. The van der Waals surface area contributed by atoms with E-state index < -0.39 is 0 Å². The van der Waals surface area contributed by atoms with Crippen LogP contribution in [0.1, 0.15) is 401 Å². The molecule has 18 unspecified atom stereocenters. The molecule has 8 aromatic rings. The molecule has 23 aliphatic carbocycles. The molecule has 23 aliphatic rings. The van der Waals surface area contributed by atoms with Crippen LogP contribution in [0.25, 0.3) is 0 Å². The van der Waals surface area contributed by atoms with Crippen LogP contribution in [0.3, 0.4) is 0 Å². The summed E-state index contributed by atoms with van der Waals surface area (Å²) < 4.78 is 0. The van der Waals surface area contributed by atoms with Gasteiger partial charge in [0.2, 0.25) is 0 Å². The highest BCUT2D eigenvalue weighted by molar-refractivity contribution is 5.68. The normalized spacial score (nSPS) is 30.9. The van der Waals surface area contributed by atoms with E-state index in [1.165, 1.54) is 237 Å². The van der Waals surface area contributed by atoms with Crippen LogP contribution in [-0.2, 0) is 19.3 Å². The maximum Gasteiger partial charge on any atom is 0.0179 e. The predicted molar refractivity (Wildman–Crippen MR) is 541 cm³/mol. The molecule has 0 radical (unpaired) electrons. The number of hydrogen-bond acceptors (Lipinski definition) is 0. The van der Waals surface area contributed by atoms with E-state index in [0.717, 1.165) is 81.5 Å². The van der Waals surface area contributed by atoms with Gasteiger partial charge in [0.25, 0.3) is 0 Å². The Morgan fingerprint density at radius 1 is 0.318 bits per heavy atom. The van der Waals surface area contributed by atoms with Gasteiger partial charge in [-0.2, -0.15) is 0 Å². The number of fused-ring (bicyclic) bond motifs is 5. The Balaban J connectivity index is 0.745. The van der Waals surface area contributed by atoms with Crippen LogP contribution in [-0.4, -0.2) is 0 Å². The third-order valence-corrected chi connectivity index (χ3v) is 39.3. The highest BCUT2D eigenvalue weighted by Crippen LogP contribution is 2.72. The SMILES string of the molecule is CCC(CC(CC1CC2CC3CC(c4ccc(C)cc4)CC(CC(C)c4ccc(C)cc4)c4ccc(cc4)CC4(C5=C6CCCCC6=C(C)C5)CC(C5=C4CCCC5)C4CC(C5CC(Cc6ccc3cc6)(C3=C6CCC(CC6=C(C3)C3=C6CCCCC6=C(C)C3Cc3ccc1cc3)c1ccc2cc1)C1=C5CCCC1)C1CCCCC41)c1ccc(C)cc1)c1ccc(C)cc1. The molecule has 5 saturated carbocycles. The summed E-state index contributed by atoms with van der Waals surface area (Å²) in [5, 5.41) is 0. The zero-order chi connectivity index (χ0) is 86.9. The number of allylic oxidation sites excluding steroid dienone is 16. The van der Waals surface area contributed by atoms with Crippen molar-refractivity contribution in [1.82, 2.24) is 0 Å². The second-order valence-corrected chi connectivity index (χ2v) is 46.3. The minimum Gasteiger partial charge on any atom is -0.0667 e. The average molecular weight is 1700 g/mol. The highest BCUT2D eigenvalue weighted by Gasteiger charge is 2.61. The van der Waals surface area contributed by atoms with E-state index in [1.54, 1.807) is 61.2 Å². The summed E-state index contributed by atoms with van der Waals surface area (Å²) in [5.41, 5.74) is 54.3. The van der Waals surface area contributed by atoms with Gasteiger partial charge in [-0.15, -0.1) is 0 Å². The molecule has 18 atom stereocenters. The summed E-state index contributed by atoms with van der Waals surface area (Å²) in [7, 11) is 0. The molecule has 0 saturated heterocycles. The van der Waals surface area contributed by atoms with E-state index in [-0.39, 0.29) is 10.8 Å². The van der Waals surface area contributed by atoms with Crippen LogP contribution in [0.15, 0.2) is 283 Å². The monoisotopic (exact) mass is 1700 g/mol. The van der Waals surface area contributed by atoms with Crippen LogP contribution in [0.5, 0.6) is 0 Å². The summed E-state index contributed by atoms with van der Waals surface area (Å²) in [5.74, 6) is 8.32. The van der Waals surface area contributed by atoms with Gasteiger partial charge in [0.15, 0.2) is 0 Å². The second-order valence-electron chi connectivity index (χ2n) is 46.3. The first-order valence-corrected chi connectivity index (χ1v) is 53.5. The summed E-state index contributed by atoms with van der Waals surface area (Å²) in [6, 6.07) is 83.7. The van der Waals surface area contributed by atoms with Crippen LogP contribution in [0, 0.1) is 80.0 Å². The minimum atomic E-state index is -0.00377. The van der Waals surface area contributed by atoms with Gasteiger partial charge in [-0.1, -0.05) is 288 Å². The lowest BCUT2D eigenvalue weighted by Gasteiger charge is -2.40. The molecule has 0 nitrogen and oxygen atoms in total. The van der Waals surface area contributed by atoms with Gasteiger partial charge < -0.3 is 0 Å². The van der Waals surface area contributed by atoms with Crippen molar-refractivity contribution in [3.63, 3.8) is 0 Å². The first kappa shape index (κ1) is 84.9. The van der Waals surface area contributed by atoms with Crippen molar-refractivity contribution in [1.29, 1.82) is 0 Å². The van der Waals surface area contributed by atoms with E-state index in [1.807, 2.05) is 72.5 Å². The van der Waals surface area contributed by atoms with Crippen molar-refractivity contribution in [2.75, 3.05) is 0 Å². The van der Waals surface area contributed by atoms with E-state index >= 15 is 0 Å². The number of benzene rings is 8. The Labute approximate surface area is 778 Å². The Kier molecular flexibility index (Phi) is 23.2. The first-order valence-electron chi connectivity index (χ1n) is 53.5. The molecule has 5 fully saturated rings. The van der Waals surface area contributed by atoms with Crippen molar-refractivity contribution < 1.29 is 0 Å². The third kappa shape index (κ3) is 15.6. The van der Waals surface area contributed by atoms with Gasteiger partial charge >= 0.3 is 0 Å². The topological polar surface area (TPSA) is 0 Å². The molecule has 129 heavy (non-hydrogen) atoms. The largest absolute Gasteiger partial charge is 0.0667 e. The van der Waals surface area contributed by atoms with Crippen LogP contribution in [0.4, 0.5) is 0 Å².